The van der Waals surface area contributed by atoms with E-state index in [1.165, 1.54) is 6.07 Å². The summed E-state index contributed by atoms with van der Waals surface area (Å²) in [5.41, 5.74) is 2.38. The van der Waals surface area contributed by atoms with Gasteiger partial charge in [0.25, 0.3) is 11.8 Å². The Morgan fingerprint density at radius 1 is 1.21 bits per heavy atom. The smallest absolute Gasteiger partial charge is 0.256 e. The Bertz CT molecular complexity index is 1060. The molecule has 144 valence electrons. The number of rotatable bonds is 4. The number of nitrogens with zero attached hydrogens (tertiary/aromatic N) is 2. The molecule has 2 amide bonds. The minimum Gasteiger partial charge on any atom is -0.345 e. The third-order valence-corrected chi connectivity index (χ3v) is 5.93. The number of carbonyl (C=O) groups is 2. The minimum atomic E-state index is -0.295. The van der Waals surface area contributed by atoms with Gasteiger partial charge in [0.1, 0.15) is 5.82 Å². The van der Waals surface area contributed by atoms with Crippen LogP contribution in [0, 0.1) is 0 Å². The first-order valence-corrected chi connectivity index (χ1v) is 10.5. The van der Waals surface area contributed by atoms with E-state index in [9.17, 15) is 9.59 Å². The standard InChI is InChI=1S/C19H16Cl2N4O2S/c20-12-2-4-15-16(8-12)24-17(23-15)9-22-18(26)11-1-3-13(14(21)7-11)19(27)25-5-6-28-10-25/h1-4,7-8H,5-6,9-10H2,(H,22,26)(H,23,24). The molecule has 1 aromatic heterocycles. The lowest BCUT2D eigenvalue weighted by Gasteiger charge is -2.15. The lowest BCUT2D eigenvalue weighted by atomic mass is 10.1. The fourth-order valence-corrected chi connectivity index (χ4v) is 4.33. The Balaban J connectivity index is 1.44. The summed E-state index contributed by atoms with van der Waals surface area (Å²) in [7, 11) is 0. The third kappa shape index (κ3) is 3.97. The van der Waals surface area contributed by atoms with Crippen LogP contribution >= 0.6 is 35.0 Å². The Kier molecular flexibility index (Phi) is 5.48. The number of aromatic amines is 1. The van der Waals surface area contributed by atoms with Crippen LogP contribution in [-0.4, -0.2) is 44.9 Å². The van der Waals surface area contributed by atoms with Gasteiger partial charge in [0.15, 0.2) is 0 Å². The van der Waals surface area contributed by atoms with Crippen molar-refractivity contribution in [3.05, 3.63) is 63.4 Å². The highest BCUT2D eigenvalue weighted by molar-refractivity contribution is 7.99. The Morgan fingerprint density at radius 3 is 2.82 bits per heavy atom. The summed E-state index contributed by atoms with van der Waals surface area (Å²) in [5, 5.41) is 3.67. The largest absolute Gasteiger partial charge is 0.345 e. The molecule has 0 unspecified atom stereocenters. The number of halogens is 2. The van der Waals surface area contributed by atoms with Crippen molar-refractivity contribution < 1.29 is 9.59 Å². The second kappa shape index (κ2) is 8.03. The SMILES string of the molecule is O=C(NCc1nc2cc(Cl)ccc2[nH]1)c1ccc(C(=O)N2CCSC2)c(Cl)c1. The van der Waals surface area contributed by atoms with Crippen LogP contribution in [0.25, 0.3) is 11.0 Å². The van der Waals surface area contributed by atoms with E-state index in [4.69, 9.17) is 23.2 Å². The first-order valence-electron chi connectivity index (χ1n) is 8.60. The molecule has 0 bridgehead atoms. The molecule has 28 heavy (non-hydrogen) atoms. The zero-order valence-corrected chi connectivity index (χ0v) is 17.0. The monoisotopic (exact) mass is 434 g/mol. The molecule has 0 radical (unpaired) electrons. The topological polar surface area (TPSA) is 78.1 Å². The van der Waals surface area contributed by atoms with Gasteiger partial charge < -0.3 is 15.2 Å². The molecule has 0 spiro atoms. The molecule has 4 rings (SSSR count). The van der Waals surface area contributed by atoms with Crippen LogP contribution in [0.1, 0.15) is 26.5 Å². The normalized spacial score (nSPS) is 13.9. The van der Waals surface area contributed by atoms with E-state index < -0.39 is 0 Å². The highest BCUT2D eigenvalue weighted by Crippen LogP contribution is 2.23. The van der Waals surface area contributed by atoms with Gasteiger partial charge in [0.2, 0.25) is 0 Å². The number of H-pyrrole nitrogens is 1. The number of hydrogen-bond donors (Lipinski definition) is 2. The molecule has 9 heteroatoms. The molecule has 1 aliphatic rings. The summed E-state index contributed by atoms with van der Waals surface area (Å²) < 4.78 is 0. The molecule has 0 saturated carbocycles. The first-order chi connectivity index (χ1) is 13.5. The van der Waals surface area contributed by atoms with E-state index in [1.54, 1.807) is 40.9 Å². The summed E-state index contributed by atoms with van der Waals surface area (Å²) in [5.74, 6) is 1.81. The van der Waals surface area contributed by atoms with E-state index in [1.807, 2.05) is 6.07 Å². The summed E-state index contributed by atoms with van der Waals surface area (Å²) in [6, 6.07) is 10.1. The highest BCUT2D eigenvalue weighted by atomic mass is 35.5. The number of hydrogen-bond acceptors (Lipinski definition) is 4. The van der Waals surface area contributed by atoms with Gasteiger partial charge in [-0.1, -0.05) is 23.2 Å². The van der Waals surface area contributed by atoms with Crippen LogP contribution in [-0.2, 0) is 6.54 Å². The Morgan fingerprint density at radius 2 is 2.07 bits per heavy atom. The van der Waals surface area contributed by atoms with Gasteiger partial charge in [-0.15, -0.1) is 11.8 Å². The average molecular weight is 435 g/mol. The fourth-order valence-electron chi connectivity index (χ4n) is 2.96. The van der Waals surface area contributed by atoms with Crippen LogP contribution in [0.4, 0.5) is 0 Å². The summed E-state index contributed by atoms with van der Waals surface area (Å²) in [6.07, 6.45) is 0. The highest BCUT2D eigenvalue weighted by Gasteiger charge is 2.22. The third-order valence-electron chi connectivity index (χ3n) is 4.41. The predicted molar refractivity (Wildman–Crippen MR) is 112 cm³/mol. The van der Waals surface area contributed by atoms with Crippen LogP contribution in [0.15, 0.2) is 36.4 Å². The van der Waals surface area contributed by atoms with Crippen molar-refractivity contribution in [1.82, 2.24) is 20.2 Å². The lowest BCUT2D eigenvalue weighted by molar-refractivity contribution is 0.0802. The molecule has 0 aliphatic carbocycles. The number of fused-ring (bicyclic) bond motifs is 1. The molecular formula is C19H16Cl2N4O2S. The molecule has 1 fully saturated rings. The van der Waals surface area contributed by atoms with E-state index >= 15 is 0 Å². The van der Waals surface area contributed by atoms with Crippen LogP contribution in [0.2, 0.25) is 10.0 Å². The second-order valence-electron chi connectivity index (χ2n) is 6.33. The molecular weight excluding hydrogens is 419 g/mol. The van der Waals surface area contributed by atoms with Crippen molar-refractivity contribution in [3.8, 4) is 0 Å². The van der Waals surface area contributed by atoms with Crippen LogP contribution in [0.3, 0.4) is 0 Å². The average Bonchev–Trinajstić information content (AvgIpc) is 3.34. The van der Waals surface area contributed by atoms with Gasteiger partial charge in [0.05, 0.1) is 34.0 Å². The maximum Gasteiger partial charge on any atom is 0.256 e. The molecule has 3 aromatic rings. The molecule has 2 N–H and O–H groups in total. The van der Waals surface area contributed by atoms with Crippen molar-refractivity contribution in [2.45, 2.75) is 6.54 Å². The van der Waals surface area contributed by atoms with Crippen molar-refractivity contribution in [1.29, 1.82) is 0 Å². The molecule has 1 saturated heterocycles. The van der Waals surface area contributed by atoms with Gasteiger partial charge in [-0.2, -0.15) is 0 Å². The number of imidazole rings is 1. The van der Waals surface area contributed by atoms with Crippen LogP contribution in [0.5, 0.6) is 0 Å². The Hall–Kier alpha value is -2.22. The van der Waals surface area contributed by atoms with Gasteiger partial charge in [0, 0.05) is 22.9 Å². The number of nitrogens with one attached hydrogen (secondary N) is 2. The van der Waals surface area contributed by atoms with Crippen molar-refractivity contribution >= 4 is 57.8 Å². The zero-order chi connectivity index (χ0) is 19.7. The van der Waals surface area contributed by atoms with Crippen molar-refractivity contribution in [2.24, 2.45) is 0 Å². The zero-order valence-electron chi connectivity index (χ0n) is 14.7. The maximum absolute atomic E-state index is 12.5. The van der Waals surface area contributed by atoms with Gasteiger partial charge in [-0.05, 0) is 36.4 Å². The van der Waals surface area contributed by atoms with Gasteiger partial charge in [-0.25, -0.2) is 4.98 Å². The number of carbonyl (C=O) groups excluding carboxylic acids is 2. The van der Waals surface area contributed by atoms with Gasteiger partial charge >= 0.3 is 0 Å². The minimum absolute atomic E-state index is 0.108. The van der Waals surface area contributed by atoms with E-state index in [-0.39, 0.29) is 23.4 Å². The van der Waals surface area contributed by atoms with Gasteiger partial charge in [-0.3, -0.25) is 9.59 Å². The van der Waals surface area contributed by atoms with E-state index in [0.29, 0.717) is 34.4 Å². The maximum atomic E-state index is 12.5. The Labute approximate surface area is 175 Å². The molecule has 2 aromatic carbocycles. The molecule has 1 aliphatic heterocycles. The summed E-state index contributed by atoms with van der Waals surface area (Å²) in [6.45, 7) is 0.944. The lowest BCUT2D eigenvalue weighted by Crippen LogP contribution is -2.28. The number of thioether (sulfide) groups is 1. The van der Waals surface area contributed by atoms with Crippen molar-refractivity contribution in [2.75, 3.05) is 18.2 Å². The quantitative estimate of drug-likeness (QED) is 0.651. The fraction of sp³-hybridized carbons (Fsp3) is 0.211. The predicted octanol–water partition coefficient (Wildman–Crippen LogP) is 3.95. The van der Waals surface area contributed by atoms with E-state index in [0.717, 1.165) is 16.8 Å². The summed E-state index contributed by atoms with van der Waals surface area (Å²) >= 11 is 13.9. The molecule has 2 heterocycles. The number of amides is 2. The first kappa shape index (κ1) is 19.1. The molecule has 6 nitrogen and oxygen atoms in total. The molecule has 0 atom stereocenters. The van der Waals surface area contributed by atoms with Crippen molar-refractivity contribution in [3.63, 3.8) is 0 Å². The van der Waals surface area contributed by atoms with E-state index in [2.05, 4.69) is 15.3 Å². The number of aromatic nitrogens is 2. The summed E-state index contributed by atoms with van der Waals surface area (Å²) in [4.78, 5) is 34.2. The second-order valence-corrected chi connectivity index (χ2v) is 8.25. The number of benzene rings is 2. The van der Waals surface area contributed by atoms with Crippen LogP contribution < -0.4 is 5.32 Å².